The fourth-order valence-corrected chi connectivity index (χ4v) is 3.45. The molecular formula is C19H25N5O2S. The van der Waals surface area contributed by atoms with Crippen LogP contribution in [0.2, 0.25) is 0 Å². The van der Waals surface area contributed by atoms with Crippen molar-refractivity contribution in [1.82, 2.24) is 13.6 Å². The van der Waals surface area contributed by atoms with Gasteiger partial charge in [0.15, 0.2) is 11.6 Å². The van der Waals surface area contributed by atoms with Gasteiger partial charge in [0, 0.05) is 31.8 Å². The predicted octanol–water partition coefficient (Wildman–Crippen LogP) is 3.87. The van der Waals surface area contributed by atoms with Crippen LogP contribution in [0.3, 0.4) is 0 Å². The Morgan fingerprint density at radius 1 is 1.37 bits per heavy atom. The van der Waals surface area contributed by atoms with Crippen molar-refractivity contribution in [2.45, 2.75) is 38.8 Å². The van der Waals surface area contributed by atoms with Crippen molar-refractivity contribution in [2.75, 3.05) is 24.7 Å². The molecule has 27 heavy (non-hydrogen) atoms. The van der Waals surface area contributed by atoms with Gasteiger partial charge >= 0.3 is 0 Å². The third-order valence-corrected chi connectivity index (χ3v) is 4.97. The number of hydrogen-bond donors (Lipinski definition) is 2. The van der Waals surface area contributed by atoms with Crippen molar-refractivity contribution in [1.29, 1.82) is 0 Å². The Morgan fingerprint density at radius 2 is 2.15 bits per heavy atom. The van der Waals surface area contributed by atoms with E-state index in [-0.39, 0.29) is 18.1 Å². The highest BCUT2D eigenvalue weighted by atomic mass is 32.1. The molecule has 144 valence electrons. The lowest BCUT2D eigenvalue weighted by Crippen LogP contribution is -2.33. The number of carbonyl (C=O) groups excluding carboxylic acids is 1. The van der Waals surface area contributed by atoms with Crippen molar-refractivity contribution in [3.63, 3.8) is 0 Å². The highest BCUT2D eigenvalue weighted by Crippen LogP contribution is 2.28. The number of ether oxygens (including phenoxy) is 1. The summed E-state index contributed by atoms with van der Waals surface area (Å²) >= 11 is 1.14. The maximum atomic E-state index is 12.2. The lowest BCUT2D eigenvalue weighted by molar-refractivity contribution is 0.0827. The Balaban J connectivity index is 1.72. The van der Waals surface area contributed by atoms with Crippen LogP contribution in [0, 0.1) is 0 Å². The van der Waals surface area contributed by atoms with Crippen LogP contribution in [-0.4, -0.2) is 45.8 Å². The number of nitrogens with zero attached hydrogens (tertiary/aromatic N) is 3. The Kier molecular flexibility index (Phi) is 5.95. The van der Waals surface area contributed by atoms with Gasteiger partial charge in [-0.2, -0.15) is 8.75 Å². The van der Waals surface area contributed by atoms with Crippen LogP contribution in [0.1, 0.15) is 37.0 Å². The van der Waals surface area contributed by atoms with Crippen LogP contribution < -0.4 is 10.6 Å². The van der Waals surface area contributed by atoms with Crippen LogP contribution in [0.5, 0.6) is 0 Å². The van der Waals surface area contributed by atoms with E-state index < -0.39 is 0 Å². The second kappa shape index (κ2) is 8.39. The minimum Gasteiger partial charge on any atom is -0.496 e. The summed E-state index contributed by atoms with van der Waals surface area (Å²) in [6.45, 7) is 4.20. The molecule has 1 aliphatic rings. The molecule has 1 amide bonds. The van der Waals surface area contributed by atoms with Gasteiger partial charge in [0.05, 0.1) is 24.0 Å². The standard InChI is InChI=1S/C19H25N5O2S/c1-5-15(16-9-12(2)11-26-16)21-18-17(22-27-23-18)20-14-8-6-7-13(10-14)19(25)24(3)4/h6-8,10-11,15-16H,5,9H2,1-4H3,(H,20,22)(H,21,23)/t15-,16?/m1/s1. The summed E-state index contributed by atoms with van der Waals surface area (Å²) in [6.07, 6.45) is 3.77. The average molecular weight is 388 g/mol. The number of aromatic nitrogens is 2. The Morgan fingerprint density at radius 3 is 2.81 bits per heavy atom. The Labute approximate surface area is 163 Å². The normalized spacial score (nSPS) is 17.0. The highest BCUT2D eigenvalue weighted by molar-refractivity contribution is 6.99. The summed E-state index contributed by atoms with van der Waals surface area (Å²) in [5.74, 6) is 1.31. The number of hydrogen-bond acceptors (Lipinski definition) is 7. The first-order valence-electron chi connectivity index (χ1n) is 8.97. The minimum atomic E-state index is -0.0410. The number of nitrogens with one attached hydrogen (secondary N) is 2. The van der Waals surface area contributed by atoms with E-state index in [9.17, 15) is 4.79 Å². The van der Waals surface area contributed by atoms with Crippen molar-refractivity contribution in [3.8, 4) is 0 Å². The summed E-state index contributed by atoms with van der Waals surface area (Å²) in [5.41, 5.74) is 2.66. The van der Waals surface area contributed by atoms with E-state index >= 15 is 0 Å². The summed E-state index contributed by atoms with van der Waals surface area (Å²) in [6, 6.07) is 7.51. The third kappa shape index (κ3) is 4.57. The highest BCUT2D eigenvalue weighted by Gasteiger charge is 2.26. The first-order chi connectivity index (χ1) is 13.0. The lowest BCUT2D eigenvalue weighted by atomic mass is 10.0. The largest absolute Gasteiger partial charge is 0.496 e. The maximum Gasteiger partial charge on any atom is 0.253 e. The number of anilines is 3. The van der Waals surface area contributed by atoms with Crippen LogP contribution in [0.25, 0.3) is 0 Å². The van der Waals surface area contributed by atoms with Gasteiger partial charge in [-0.1, -0.05) is 13.0 Å². The van der Waals surface area contributed by atoms with Crippen molar-refractivity contribution >= 4 is 35.0 Å². The molecule has 7 nitrogen and oxygen atoms in total. The lowest BCUT2D eigenvalue weighted by Gasteiger charge is -2.23. The smallest absolute Gasteiger partial charge is 0.253 e. The molecule has 2 atom stereocenters. The minimum absolute atomic E-state index is 0.0410. The fraction of sp³-hybridized carbons (Fsp3) is 0.421. The number of rotatable bonds is 7. The van der Waals surface area contributed by atoms with Gasteiger partial charge in [-0.3, -0.25) is 4.79 Å². The fourth-order valence-electron chi connectivity index (χ4n) is 2.98. The Bertz CT molecular complexity index is 833. The maximum absolute atomic E-state index is 12.2. The monoisotopic (exact) mass is 387 g/mol. The summed E-state index contributed by atoms with van der Waals surface area (Å²) < 4.78 is 14.5. The van der Waals surface area contributed by atoms with Crippen LogP contribution in [0.4, 0.5) is 17.3 Å². The quantitative estimate of drug-likeness (QED) is 0.751. The first-order valence-corrected chi connectivity index (χ1v) is 9.70. The molecule has 8 heteroatoms. The molecular weight excluding hydrogens is 362 g/mol. The number of benzene rings is 1. The van der Waals surface area contributed by atoms with E-state index in [1.807, 2.05) is 24.5 Å². The van der Waals surface area contributed by atoms with Crippen molar-refractivity contribution < 1.29 is 9.53 Å². The van der Waals surface area contributed by atoms with E-state index in [1.165, 1.54) is 5.57 Å². The molecule has 1 aliphatic heterocycles. The van der Waals surface area contributed by atoms with Gasteiger partial charge in [-0.05, 0) is 37.1 Å². The van der Waals surface area contributed by atoms with Gasteiger partial charge in [-0.25, -0.2) is 0 Å². The molecule has 2 N–H and O–H groups in total. The second-order valence-electron chi connectivity index (χ2n) is 6.87. The Hall–Kier alpha value is -2.61. The molecule has 0 spiro atoms. The van der Waals surface area contributed by atoms with Crippen LogP contribution >= 0.6 is 11.7 Å². The summed E-state index contributed by atoms with van der Waals surface area (Å²) in [5, 5.41) is 6.72. The van der Waals surface area contributed by atoms with Crippen molar-refractivity contribution in [2.24, 2.45) is 0 Å². The van der Waals surface area contributed by atoms with Gasteiger partial charge in [0.2, 0.25) is 0 Å². The molecule has 0 bridgehead atoms. The van der Waals surface area contributed by atoms with E-state index in [0.29, 0.717) is 17.2 Å². The van der Waals surface area contributed by atoms with Gasteiger partial charge in [-0.15, -0.1) is 0 Å². The first kappa shape index (κ1) is 19.2. The molecule has 2 aromatic rings. The van der Waals surface area contributed by atoms with Crippen LogP contribution in [0.15, 0.2) is 36.1 Å². The van der Waals surface area contributed by atoms with Crippen LogP contribution in [-0.2, 0) is 4.74 Å². The van der Waals surface area contributed by atoms with E-state index in [0.717, 1.165) is 30.3 Å². The zero-order valence-corrected chi connectivity index (χ0v) is 16.8. The van der Waals surface area contributed by atoms with Crippen molar-refractivity contribution in [3.05, 3.63) is 41.7 Å². The molecule has 0 fully saturated rings. The molecule has 1 aromatic heterocycles. The topological polar surface area (TPSA) is 79.4 Å². The zero-order chi connectivity index (χ0) is 19.4. The van der Waals surface area contributed by atoms with Gasteiger partial charge < -0.3 is 20.3 Å². The van der Waals surface area contributed by atoms with Gasteiger partial charge in [0.25, 0.3) is 5.91 Å². The predicted molar refractivity (Wildman–Crippen MR) is 109 cm³/mol. The third-order valence-electron chi connectivity index (χ3n) is 4.44. The van der Waals surface area contributed by atoms with Gasteiger partial charge in [0.1, 0.15) is 6.10 Å². The molecule has 1 unspecified atom stereocenters. The molecule has 2 heterocycles. The number of amides is 1. The average Bonchev–Trinajstić information content (AvgIpc) is 3.28. The molecule has 0 saturated heterocycles. The molecule has 1 aromatic carbocycles. The SMILES string of the molecule is CC[C@@H](Nc1nsnc1Nc1cccc(C(=O)N(C)C)c1)C1CC(C)=CO1. The van der Waals surface area contributed by atoms with E-state index in [4.69, 9.17) is 4.74 Å². The van der Waals surface area contributed by atoms with E-state index in [1.54, 1.807) is 25.1 Å². The molecule has 0 saturated carbocycles. The molecule has 0 radical (unpaired) electrons. The number of carbonyl (C=O) groups is 1. The zero-order valence-electron chi connectivity index (χ0n) is 16.0. The summed E-state index contributed by atoms with van der Waals surface area (Å²) in [4.78, 5) is 13.7. The molecule has 3 rings (SSSR count). The second-order valence-corrected chi connectivity index (χ2v) is 7.40. The van der Waals surface area contributed by atoms with E-state index in [2.05, 4.69) is 33.2 Å². The summed E-state index contributed by atoms with van der Waals surface area (Å²) in [7, 11) is 3.47. The molecule has 0 aliphatic carbocycles.